The number of carbonyl (C=O) groups excluding carboxylic acids is 1. The van der Waals surface area contributed by atoms with Crippen molar-refractivity contribution in [1.82, 2.24) is 10.2 Å². The van der Waals surface area contributed by atoms with E-state index in [4.69, 9.17) is 12.2 Å². The summed E-state index contributed by atoms with van der Waals surface area (Å²) in [7, 11) is 0. The first-order valence-corrected chi connectivity index (χ1v) is 6.07. The van der Waals surface area contributed by atoms with Gasteiger partial charge in [-0.15, -0.1) is 12.3 Å². The number of hydrogen-bond donors (Lipinski definition) is 2. The molecule has 4 nitrogen and oxygen atoms in total. The predicted molar refractivity (Wildman–Crippen MR) is 65.0 cm³/mol. The normalized spacial score (nSPS) is 21.9. The van der Waals surface area contributed by atoms with Gasteiger partial charge in [0.25, 0.3) is 0 Å². The molecule has 0 aromatic rings. The zero-order valence-electron chi connectivity index (χ0n) is 10.5. The summed E-state index contributed by atoms with van der Waals surface area (Å²) in [4.78, 5) is 12.8. The smallest absolute Gasteiger partial charge is 0.354 e. The number of nitrogens with one attached hydrogen (secondary N) is 1. The monoisotopic (exact) mass is 277 g/mol. The van der Waals surface area contributed by atoms with Gasteiger partial charge in [-0.3, -0.25) is 9.69 Å². The van der Waals surface area contributed by atoms with Gasteiger partial charge in [-0.05, 0) is 18.9 Å². The van der Waals surface area contributed by atoms with Crippen LogP contribution in [0.4, 0.5) is 13.2 Å². The molecule has 1 heterocycles. The minimum atomic E-state index is -4.17. The number of carbonyl (C=O) groups is 1. The topological polar surface area (TPSA) is 58.4 Å². The molecule has 1 saturated heterocycles. The number of rotatable bonds is 5. The molecule has 7 heteroatoms. The number of hydrogen-bond acceptors (Lipinski definition) is 3. The number of likely N-dealkylation sites (tertiary alicyclic amines) is 1. The quantitative estimate of drug-likeness (QED) is 0.712. The first-order valence-electron chi connectivity index (χ1n) is 6.07. The van der Waals surface area contributed by atoms with E-state index in [9.17, 15) is 18.0 Å². The molecule has 0 saturated carbocycles. The highest BCUT2D eigenvalue weighted by Crippen LogP contribution is 2.22. The van der Waals surface area contributed by atoms with Gasteiger partial charge in [0.15, 0.2) is 0 Å². The zero-order chi connectivity index (χ0) is 14.5. The molecule has 1 fully saturated rings. The van der Waals surface area contributed by atoms with Crippen molar-refractivity contribution in [2.75, 3.05) is 26.2 Å². The lowest BCUT2D eigenvalue weighted by Gasteiger charge is -2.18. The number of halogens is 3. The van der Waals surface area contributed by atoms with Crippen molar-refractivity contribution >= 4 is 5.91 Å². The third-order valence-electron chi connectivity index (χ3n) is 3.01. The second kappa shape index (κ2) is 6.78. The molecular weight excluding hydrogens is 259 g/mol. The van der Waals surface area contributed by atoms with Gasteiger partial charge in [0.2, 0.25) is 5.91 Å². The second-order valence-electron chi connectivity index (χ2n) is 4.76. The Morgan fingerprint density at radius 3 is 2.84 bits per heavy atom. The fourth-order valence-electron chi connectivity index (χ4n) is 2.07. The van der Waals surface area contributed by atoms with Gasteiger partial charge >= 0.3 is 6.18 Å². The van der Waals surface area contributed by atoms with Gasteiger partial charge in [-0.25, -0.2) is 0 Å². The van der Waals surface area contributed by atoms with Crippen LogP contribution >= 0.6 is 0 Å². The van der Waals surface area contributed by atoms with Gasteiger partial charge in [0, 0.05) is 19.5 Å². The molecule has 0 aromatic carbocycles. The summed E-state index contributed by atoms with van der Waals surface area (Å²) < 4.78 is 36.6. The van der Waals surface area contributed by atoms with Crippen LogP contribution in [0.3, 0.4) is 0 Å². The number of alkyl halides is 3. The van der Waals surface area contributed by atoms with Gasteiger partial charge < -0.3 is 11.1 Å². The summed E-state index contributed by atoms with van der Waals surface area (Å²) in [5.74, 6) is 1.97. The molecule has 1 rings (SSSR count). The van der Waals surface area contributed by atoms with E-state index >= 15 is 0 Å². The van der Waals surface area contributed by atoms with E-state index in [-0.39, 0.29) is 18.2 Å². The lowest BCUT2D eigenvalue weighted by Crippen LogP contribution is -2.42. The molecule has 0 aliphatic carbocycles. The van der Waals surface area contributed by atoms with Crippen molar-refractivity contribution in [1.29, 1.82) is 0 Å². The van der Waals surface area contributed by atoms with Crippen LogP contribution in [-0.4, -0.2) is 49.2 Å². The number of terminal acetylenes is 1. The molecule has 1 aliphatic rings. The Kier molecular flexibility index (Phi) is 5.63. The lowest BCUT2D eigenvalue weighted by molar-refractivity contribution is -0.143. The van der Waals surface area contributed by atoms with Gasteiger partial charge in [-0.1, -0.05) is 0 Å². The Bertz CT molecular complexity index is 351. The molecule has 0 bridgehead atoms. The van der Waals surface area contributed by atoms with Crippen molar-refractivity contribution in [3.05, 3.63) is 0 Å². The van der Waals surface area contributed by atoms with E-state index in [1.165, 1.54) is 4.90 Å². The molecule has 108 valence electrons. The van der Waals surface area contributed by atoms with Crippen molar-refractivity contribution in [3.63, 3.8) is 0 Å². The van der Waals surface area contributed by atoms with Crippen molar-refractivity contribution < 1.29 is 18.0 Å². The summed E-state index contributed by atoms with van der Waals surface area (Å²) >= 11 is 0. The Labute approximate surface area is 110 Å². The Balaban J connectivity index is 2.26. The van der Waals surface area contributed by atoms with E-state index in [0.717, 1.165) is 0 Å². The molecule has 2 unspecified atom stereocenters. The highest BCUT2D eigenvalue weighted by Gasteiger charge is 2.34. The maximum atomic E-state index is 12.2. The maximum absolute atomic E-state index is 12.2. The van der Waals surface area contributed by atoms with E-state index < -0.39 is 18.8 Å². The van der Waals surface area contributed by atoms with Crippen LogP contribution in [0, 0.1) is 18.3 Å². The summed E-state index contributed by atoms with van der Waals surface area (Å²) in [6.45, 7) is 0.181. The van der Waals surface area contributed by atoms with Crippen LogP contribution in [0.1, 0.15) is 12.8 Å². The van der Waals surface area contributed by atoms with Gasteiger partial charge in [-0.2, -0.15) is 13.2 Å². The van der Waals surface area contributed by atoms with E-state index in [1.807, 2.05) is 0 Å². The molecule has 3 N–H and O–H groups in total. The van der Waals surface area contributed by atoms with Gasteiger partial charge in [0.05, 0.1) is 12.6 Å². The zero-order valence-corrected chi connectivity index (χ0v) is 10.5. The highest BCUT2D eigenvalue weighted by atomic mass is 19.4. The third-order valence-corrected chi connectivity index (χ3v) is 3.01. The molecule has 19 heavy (non-hydrogen) atoms. The molecule has 0 aromatic heterocycles. The molecule has 1 aliphatic heterocycles. The summed E-state index contributed by atoms with van der Waals surface area (Å²) in [6.07, 6.45) is 1.66. The Morgan fingerprint density at radius 2 is 2.26 bits per heavy atom. The molecule has 0 radical (unpaired) electrons. The first kappa shape index (κ1) is 15.8. The van der Waals surface area contributed by atoms with Gasteiger partial charge in [0.1, 0.15) is 0 Å². The SMILES string of the molecule is C#CCC(N)C(=O)NCC1CCN(CC(F)(F)F)C1. The van der Waals surface area contributed by atoms with E-state index in [1.54, 1.807) is 0 Å². The number of amides is 1. The van der Waals surface area contributed by atoms with Crippen molar-refractivity contribution in [2.45, 2.75) is 25.1 Å². The first-order chi connectivity index (χ1) is 8.81. The number of nitrogens with two attached hydrogens (primary N) is 1. The third kappa shape index (κ3) is 5.94. The summed E-state index contributed by atoms with van der Waals surface area (Å²) in [6, 6.07) is -0.752. The van der Waals surface area contributed by atoms with Crippen LogP contribution < -0.4 is 11.1 Å². The minimum Gasteiger partial charge on any atom is -0.354 e. The number of nitrogens with zero attached hydrogens (tertiary/aromatic N) is 1. The highest BCUT2D eigenvalue weighted by molar-refractivity contribution is 5.81. The van der Waals surface area contributed by atoms with Crippen LogP contribution in [0.15, 0.2) is 0 Å². The standard InChI is InChI=1S/C12H18F3N3O/c1-2-3-10(16)11(19)17-6-9-4-5-18(7-9)8-12(13,14)15/h1,9-10H,3-8,16H2,(H,17,19). The largest absolute Gasteiger partial charge is 0.401 e. The Hall–Kier alpha value is -1.26. The fourth-order valence-corrected chi connectivity index (χ4v) is 2.07. The predicted octanol–water partition coefficient (Wildman–Crippen LogP) is 0.337. The van der Waals surface area contributed by atoms with Crippen LogP contribution in [0.5, 0.6) is 0 Å². The van der Waals surface area contributed by atoms with Crippen LogP contribution in [-0.2, 0) is 4.79 Å². The minimum absolute atomic E-state index is 0.0318. The fraction of sp³-hybridized carbons (Fsp3) is 0.750. The van der Waals surface area contributed by atoms with Crippen molar-refractivity contribution in [3.8, 4) is 12.3 Å². The van der Waals surface area contributed by atoms with E-state index in [2.05, 4.69) is 11.2 Å². The van der Waals surface area contributed by atoms with Crippen LogP contribution in [0.25, 0.3) is 0 Å². The average Bonchev–Trinajstić information content (AvgIpc) is 2.71. The average molecular weight is 277 g/mol. The van der Waals surface area contributed by atoms with Crippen LogP contribution in [0.2, 0.25) is 0 Å². The maximum Gasteiger partial charge on any atom is 0.401 e. The van der Waals surface area contributed by atoms with E-state index in [0.29, 0.717) is 26.1 Å². The summed E-state index contributed by atoms with van der Waals surface area (Å²) in [5, 5.41) is 2.63. The summed E-state index contributed by atoms with van der Waals surface area (Å²) in [5.41, 5.74) is 5.51. The molecule has 1 amide bonds. The second-order valence-corrected chi connectivity index (χ2v) is 4.76. The molecule has 0 spiro atoms. The lowest BCUT2D eigenvalue weighted by atomic mass is 10.1. The molecular formula is C12H18F3N3O. The Morgan fingerprint density at radius 1 is 1.58 bits per heavy atom. The molecule has 2 atom stereocenters. The van der Waals surface area contributed by atoms with Crippen molar-refractivity contribution in [2.24, 2.45) is 11.7 Å².